The number of hydrogen-bond acceptors (Lipinski definition) is 5. The number of nitrogens with two attached hydrogens (primary N) is 1. The average Bonchev–Trinajstić information content (AvgIpc) is 2.27. The lowest BCUT2D eigenvalue weighted by Crippen LogP contribution is -2.43. The van der Waals surface area contributed by atoms with Gasteiger partial charge in [0.2, 0.25) is 10.0 Å². The van der Waals surface area contributed by atoms with E-state index in [1.165, 1.54) is 32.2 Å². The normalized spacial score (nSPS) is 16.9. The minimum absolute atomic E-state index is 0.151. The molecule has 0 aliphatic rings. The first-order valence-corrected chi connectivity index (χ1v) is 6.41. The second-order valence-electron chi connectivity index (χ2n) is 3.92. The van der Waals surface area contributed by atoms with E-state index in [-0.39, 0.29) is 5.69 Å². The molecule has 0 aliphatic heterocycles. The summed E-state index contributed by atoms with van der Waals surface area (Å²) in [4.78, 5) is 3.86. The van der Waals surface area contributed by atoms with Gasteiger partial charge >= 0.3 is 0 Å². The first-order valence-electron chi connectivity index (χ1n) is 4.80. The highest BCUT2D eigenvalue weighted by Gasteiger charge is 2.38. The van der Waals surface area contributed by atoms with Gasteiger partial charge in [-0.25, -0.2) is 13.6 Å². The third-order valence-electron chi connectivity index (χ3n) is 2.70. The van der Waals surface area contributed by atoms with Crippen LogP contribution < -0.4 is 5.14 Å². The van der Waals surface area contributed by atoms with Gasteiger partial charge in [0, 0.05) is 6.20 Å². The van der Waals surface area contributed by atoms with E-state index in [1.807, 2.05) is 6.07 Å². The molecule has 0 amide bonds. The van der Waals surface area contributed by atoms with Crippen molar-refractivity contribution in [3.8, 4) is 6.07 Å². The highest BCUT2D eigenvalue weighted by molar-refractivity contribution is 7.89. The van der Waals surface area contributed by atoms with Crippen LogP contribution in [0.5, 0.6) is 0 Å². The van der Waals surface area contributed by atoms with Crippen LogP contribution >= 0.6 is 0 Å². The zero-order valence-electron chi connectivity index (χ0n) is 9.45. The first-order chi connectivity index (χ1) is 7.69. The molecule has 1 heterocycles. The number of nitriles is 1. The molecule has 1 aromatic heterocycles. The maximum Gasteiger partial charge on any atom is 0.214 e. The van der Waals surface area contributed by atoms with Crippen molar-refractivity contribution in [3.05, 3.63) is 29.6 Å². The van der Waals surface area contributed by atoms with E-state index >= 15 is 0 Å². The van der Waals surface area contributed by atoms with E-state index in [4.69, 9.17) is 10.4 Å². The van der Waals surface area contributed by atoms with Crippen molar-refractivity contribution in [2.24, 2.45) is 5.14 Å². The Morgan fingerprint density at radius 3 is 2.53 bits per heavy atom. The average molecular weight is 255 g/mol. The largest absolute Gasteiger partial charge is 0.382 e. The fraction of sp³-hybridized carbons (Fsp3) is 0.400. The molecule has 0 radical (unpaired) electrons. The number of hydrogen-bond donors (Lipinski definition) is 2. The Morgan fingerprint density at radius 1 is 1.59 bits per heavy atom. The summed E-state index contributed by atoms with van der Waals surface area (Å²) in [7, 11) is -3.88. The predicted molar refractivity (Wildman–Crippen MR) is 61.1 cm³/mol. The molecule has 0 aromatic carbocycles. The van der Waals surface area contributed by atoms with Gasteiger partial charge in [-0.3, -0.25) is 4.98 Å². The molecule has 0 spiro atoms. The molecule has 0 saturated heterocycles. The Kier molecular flexibility index (Phi) is 3.52. The lowest BCUT2D eigenvalue weighted by atomic mass is 9.97. The summed E-state index contributed by atoms with van der Waals surface area (Å²) in [5.74, 6) is 0. The molecule has 92 valence electrons. The lowest BCUT2D eigenvalue weighted by Gasteiger charge is -2.27. The molecule has 1 aromatic rings. The van der Waals surface area contributed by atoms with Crippen molar-refractivity contribution in [2.75, 3.05) is 0 Å². The number of aromatic nitrogens is 1. The van der Waals surface area contributed by atoms with Gasteiger partial charge in [-0.1, -0.05) is 0 Å². The van der Waals surface area contributed by atoms with Gasteiger partial charge in [0.1, 0.15) is 16.9 Å². The molecule has 3 N–H and O–H groups in total. The maximum absolute atomic E-state index is 11.2. The molecular weight excluding hydrogens is 242 g/mol. The molecule has 2 atom stereocenters. The Hall–Kier alpha value is -1.49. The zero-order chi connectivity index (χ0) is 13.3. The van der Waals surface area contributed by atoms with Crippen molar-refractivity contribution < 1.29 is 13.5 Å². The van der Waals surface area contributed by atoms with Crippen LogP contribution in [0.3, 0.4) is 0 Å². The van der Waals surface area contributed by atoms with Crippen LogP contribution in [0.4, 0.5) is 0 Å². The SMILES string of the molecule is C[C@H](C(C)(O)c1ccc(C#N)cn1)S(N)(=O)=O. The number of sulfonamides is 1. The number of pyridine rings is 1. The predicted octanol–water partition coefficient (Wildman–Crippen LogP) is -0.162. The van der Waals surface area contributed by atoms with Gasteiger partial charge in [-0.2, -0.15) is 5.26 Å². The van der Waals surface area contributed by atoms with Crippen LogP contribution in [-0.2, 0) is 15.6 Å². The number of primary sulfonamides is 1. The second kappa shape index (κ2) is 4.41. The van der Waals surface area contributed by atoms with Crippen molar-refractivity contribution in [3.63, 3.8) is 0 Å². The number of nitrogens with zero attached hydrogens (tertiary/aromatic N) is 2. The summed E-state index contributed by atoms with van der Waals surface area (Å²) in [6, 6.07) is 4.73. The van der Waals surface area contributed by atoms with Gasteiger partial charge in [-0.15, -0.1) is 0 Å². The lowest BCUT2D eigenvalue weighted by molar-refractivity contribution is 0.0519. The van der Waals surface area contributed by atoms with Crippen LogP contribution in [0.2, 0.25) is 0 Å². The minimum atomic E-state index is -3.88. The van der Waals surface area contributed by atoms with E-state index in [1.54, 1.807) is 0 Å². The molecule has 0 aliphatic carbocycles. The van der Waals surface area contributed by atoms with Crippen LogP contribution in [0, 0.1) is 11.3 Å². The molecule has 1 rings (SSSR count). The summed E-state index contributed by atoms with van der Waals surface area (Å²) in [5, 5.41) is 22.5. The first kappa shape index (κ1) is 13.6. The highest BCUT2D eigenvalue weighted by Crippen LogP contribution is 2.26. The topological polar surface area (TPSA) is 117 Å². The second-order valence-corrected chi connectivity index (χ2v) is 5.81. The minimum Gasteiger partial charge on any atom is -0.382 e. The van der Waals surface area contributed by atoms with Crippen molar-refractivity contribution in [2.45, 2.75) is 24.7 Å². The fourth-order valence-corrected chi connectivity index (χ4v) is 2.05. The van der Waals surface area contributed by atoms with E-state index in [0.717, 1.165) is 0 Å². The quantitative estimate of drug-likeness (QED) is 0.778. The van der Waals surface area contributed by atoms with Crippen LogP contribution in [0.1, 0.15) is 25.1 Å². The van der Waals surface area contributed by atoms with E-state index in [0.29, 0.717) is 5.56 Å². The summed E-state index contributed by atoms with van der Waals surface area (Å²) in [6.45, 7) is 2.62. The van der Waals surface area contributed by atoms with Gasteiger partial charge in [0.15, 0.2) is 0 Å². The van der Waals surface area contributed by atoms with Crippen molar-refractivity contribution in [1.29, 1.82) is 5.26 Å². The summed E-state index contributed by atoms with van der Waals surface area (Å²) < 4.78 is 22.4. The molecule has 0 saturated carbocycles. The Bertz CT molecular complexity index is 543. The van der Waals surface area contributed by atoms with Gasteiger partial charge in [0.05, 0.1) is 11.3 Å². The van der Waals surface area contributed by atoms with Crippen molar-refractivity contribution in [1.82, 2.24) is 4.98 Å². The summed E-state index contributed by atoms with van der Waals surface area (Å²) >= 11 is 0. The molecular formula is C10H13N3O3S. The maximum atomic E-state index is 11.2. The van der Waals surface area contributed by atoms with E-state index in [9.17, 15) is 13.5 Å². The number of aliphatic hydroxyl groups is 1. The van der Waals surface area contributed by atoms with E-state index < -0.39 is 20.9 Å². The van der Waals surface area contributed by atoms with Crippen molar-refractivity contribution >= 4 is 10.0 Å². The summed E-state index contributed by atoms with van der Waals surface area (Å²) in [6.07, 6.45) is 1.26. The van der Waals surface area contributed by atoms with Crippen LogP contribution in [0.25, 0.3) is 0 Å². The Balaban J connectivity index is 3.18. The smallest absolute Gasteiger partial charge is 0.214 e. The third-order valence-corrected chi connectivity index (χ3v) is 4.14. The van der Waals surface area contributed by atoms with E-state index in [2.05, 4.69) is 4.98 Å². The molecule has 7 heteroatoms. The van der Waals surface area contributed by atoms with Gasteiger partial charge < -0.3 is 5.11 Å². The van der Waals surface area contributed by atoms with Gasteiger partial charge in [0.25, 0.3) is 0 Å². The number of rotatable bonds is 3. The van der Waals surface area contributed by atoms with Gasteiger partial charge in [-0.05, 0) is 26.0 Å². The fourth-order valence-electron chi connectivity index (χ4n) is 1.29. The summed E-state index contributed by atoms with van der Waals surface area (Å²) in [5.41, 5.74) is -1.23. The third kappa shape index (κ3) is 2.79. The Morgan fingerprint density at radius 2 is 2.18 bits per heavy atom. The standard InChI is InChI=1S/C10H13N3O3S/c1-7(17(12,15)16)10(2,14)9-4-3-8(5-11)6-13-9/h3-4,6-7,14H,1-2H3,(H2,12,15,16)/t7-,10?/m1/s1. The molecule has 6 nitrogen and oxygen atoms in total. The molecule has 0 bridgehead atoms. The molecule has 0 fully saturated rings. The molecule has 1 unspecified atom stereocenters. The zero-order valence-corrected chi connectivity index (χ0v) is 10.3. The molecule has 17 heavy (non-hydrogen) atoms. The monoisotopic (exact) mass is 255 g/mol. The Labute approximate surface area is 99.8 Å². The van der Waals surface area contributed by atoms with Crippen LogP contribution in [0.15, 0.2) is 18.3 Å². The highest BCUT2D eigenvalue weighted by atomic mass is 32.2. The van der Waals surface area contributed by atoms with Crippen LogP contribution in [-0.4, -0.2) is 23.8 Å².